The van der Waals surface area contributed by atoms with Crippen molar-refractivity contribution < 1.29 is 19.1 Å². The molecular weight excluding hydrogens is 316 g/mol. The fourth-order valence-corrected chi connectivity index (χ4v) is 2.64. The Kier molecular flexibility index (Phi) is 5.29. The van der Waals surface area contributed by atoms with E-state index < -0.39 is 0 Å². The van der Waals surface area contributed by atoms with Gasteiger partial charge in [0.05, 0.1) is 12.5 Å². The van der Waals surface area contributed by atoms with Crippen molar-refractivity contribution in [1.82, 2.24) is 0 Å². The first kappa shape index (κ1) is 17.0. The molecule has 4 nitrogen and oxygen atoms in total. The molecule has 1 fully saturated rings. The molecule has 4 heteroatoms. The van der Waals surface area contributed by atoms with E-state index in [1.165, 1.54) is 6.08 Å². The summed E-state index contributed by atoms with van der Waals surface area (Å²) in [6, 6.07) is 17.0. The van der Waals surface area contributed by atoms with Crippen molar-refractivity contribution in [3.63, 3.8) is 0 Å². The van der Waals surface area contributed by atoms with E-state index in [2.05, 4.69) is 0 Å². The van der Waals surface area contributed by atoms with E-state index in [-0.39, 0.29) is 23.6 Å². The van der Waals surface area contributed by atoms with Crippen molar-refractivity contribution in [1.29, 1.82) is 0 Å². The lowest BCUT2D eigenvalue weighted by molar-refractivity contribution is -0.145. The molecule has 0 amide bonds. The molecule has 0 radical (unpaired) electrons. The van der Waals surface area contributed by atoms with Crippen molar-refractivity contribution in [3.8, 4) is 11.5 Å². The van der Waals surface area contributed by atoms with Crippen molar-refractivity contribution >= 4 is 17.8 Å². The van der Waals surface area contributed by atoms with Crippen LogP contribution in [0, 0.1) is 11.8 Å². The molecule has 2 aromatic rings. The number of hydrogen-bond acceptors (Lipinski definition) is 4. The lowest BCUT2D eigenvalue weighted by Crippen LogP contribution is -2.10. The van der Waals surface area contributed by atoms with Gasteiger partial charge in [-0.1, -0.05) is 36.4 Å². The molecule has 128 valence electrons. The van der Waals surface area contributed by atoms with Gasteiger partial charge in [-0.3, -0.25) is 9.59 Å². The van der Waals surface area contributed by atoms with Gasteiger partial charge < -0.3 is 9.47 Å². The summed E-state index contributed by atoms with van der Waals surface area (Å²) in [5.74, 6) is 0.551. The van der Waals surface area contributed by atoms with Gasteiger partial charge in [0.2, 0.25) is 0 Å². The first-order chi connectivity index (χ1) is 12.2. The third kappa shape index (κ3) is 4.35. The van der Waals surface area contributed by atoms with Gasteiger partial charge in [-0.15, -0.1) is 0 Å². The number of rotatable bonds is 7. The van der Waals surface area contributed by atoms with Crippen LogP contribution in [0.4, 0.5) is 0 Å². The predicted molar refractivity (Wildman–Crippen MR) is 95.2 cm³/mol. The smallest absolute Gasteiger partial charge is 0.309 e. The highest BCUT2D eigenvalue weighted by atomic mass is 16.5. The molecule has 25 heavy (non-hydrogen) atoms. The number of carbonyl (C=O) groups is 2. The average molecular weight is 336 g/mol. The summed E-state index contributed by atoms with van der Waals surface area (Å²) >= 11 is 0. The van der Waals surface area contributed by atoms with E-state index in [0.29, 0.717) is 18.8 Å². The van der Waals surface area contributed by atoms with Crippen LogP contribution in [0.15, 0.2) is 60.7 Å². The number of benzene rings is 2. The SMILES string of the molecule is CCOC(=O)C1CC1C(=O)/C=C/c1ccccc1Oc1ccccc1. The zero-order valence-electron chi connectivity index (χ0n) is 14.1. The second-order valence-electron chi connectivity index (χ2n) is 5.89. The van der Waals surface area contributed by atoms with E-state index in [0.717, 1.165) is 11.3 Å². The first-order valence-electron chi connectivity index (χ1n) is 8.39. The topological polar surface area (TPSA) is 52.6 Å². The van der Waals surface area contributed by atoms with E-state index >= 15 is 0 Å². The Bertz CT molecular complexity index is 779. The number of hydrogen-bond donors (Lipinski definition) is 0. The monoisotopic (exact) mass is 336 g/mol. The number of esters is 1. The van der Waals surface area contributed by atoms with Gasteiger partial charge in [0.15, 0.2) is 5.78 Å². The minimum Gasteiger partial charge on any atom is -0.466 e. The summed E-state index contributed by atoms with van der Waals surface area (Å²) in [4.78, 5) is 23.9. The van der Waals surface area contributed by atoms with Crippen molar-refractivity contribution in [2.24, 2.45) is 11.8 Å². The second kappa shape index (κ2) is 7.79. The number of para-hydroxylation sites is 2. The summed E-state index contributed by atoms with van der Waals surface area (Å²) in [6.07, 6.45) is 3.84. The Labute approximate surface area is 147 Å². The van der Waals surface area contributed by atoms with E-state index in [1.54, 1.807) is 13.0 Å². The van der Waals surface area contributed by atoms with Crippen LogP contribution < -0.4 is 4.74 Å². The minimum absolute atomic E-state index is 0.0485. The Hall–Kier alpha value is -2.88. The van der Waals surface area contributed by atoms with Gasteiger partial charge in [-0.05, 0) is 43.7 Å². The number of ether oxygens (including phenoxy) is 2. The summed E-state index contributed by atoms with van der Waals surface area (Å²) in [6.45, 7) is 2.11. The van der Waals surface area contributed by atoms with Gasteiger partial charge in [-0.2, -0.15) is 0 Å². The second-order valence-corrected chi connectivity index (χ2v) is 5.89. The number of carbonyl (C=O) groups excluding carboxylic acids is 2. The summed E-state index contributed by atoms with van der Waals surface area (Å²) < 4.78 is 10.8. The van der Waals surface area contributed by atoms with Gasteiger partial charge in [0.25, 0.3) is 0 Å². The predicted octanol–water partition coefficient (Wildman–Crippen LogP) is 4.26. The van der Waals surface area contributed by atoms with Crippen LogP contribution in [0.1, 0.15) is 18.9 Å². The molecule has 1 aliphatic carbocycles. The molecule has 2 unspecified atom stereocenters. The highest BCUT2D eigenvalue weighted by Gasteiger charge is 2.47. The summed E-state index contributed by atoms with van der Waals surface area (Å²) in [7, 11) is 0. The molecule has 3 rings (SSSR count). The molecule has 2 aromatic carbocycles. The van der Waals surface area contributed by atoms with Crippen LogP contribution in [0.5, 0.6) is 11.5 Å². The fraction of sp³-hybridized carbons (Fsp3) is 0.238. The third-order valence-electron chi connectivity index (χ3n) is 4.06. The van der Waals surface area contributed by atoms with Gasteiger partial charge >= 0.3 is 5.97 Å². The lowest BCUT2D eigenvalue weighted by atomic mass is 10.1. The first-order valence-corrected chi connectivity index (χ1v) is 8.39. The highest BCUT2D eigenvalue weighted by Crippen LogP contribution is 2.40. The molecule has 0 spiro atoms. The average Bonchev–Trinajstić information content (AvgIpc) is 3.43. The third-order valence-corrected chi connectivity index (χ3v) is 4.06. The van der Waals surface area contributed by atoms with Crippen LogP contribution in [0.25, 0.3) is 6.08 Å². The number of allylic oxidation sites excluding steroid dienone is 1. The molecular formula is C21H20O4. The molecule has 0 N–H and O–H groups in total. The van der Waals surface area contributed by atoms with Crippen molar-refractivity contribution in [3.05, 3.63) is 66.2 Å². The van der Waals surface area contributed by atoms with E-state index in [9.17, 15) is 9.59 Å². The van der Waals surface area contributed by atoms with Gasteiger partial charge in [0.1, 0.15) is 11.5 Å². The Morgan fingerprint density at radius 1 is 1.04 bits per heavy atom. The van der Waals surface area contributed by atoms with Gasteiger partial charge in [0, 0.05) is 11.5 Å². The maximum absolute atomic E-state index is 12.2. The summed E-state index contributed by atoms with van der Waals surface area (Å²) in [5.41, 5.74) is 0.813. The van der Waals surface area contributed by atoms with Crippen LogP contribution >= 0.6 is 0 Å². The van der Waals surface area contributed by atoms with Crippen LogP contribution in [-0.2, 0) is 14.3 Å². The van der Waals surface area contributed by atoms with Crippen molar-refractivity contribution in [2.45, 2.75) is 13.3 Å². The Morgan fingerprint density at radius 3 is 2.52 bits per heavy atom. The molecule has 0 heterocycles. The quantitative estimate of drug-likeness (QED) is 0.560. The maximum atomic E-state index is 12.2. The molecule has 0 saturated heterocycles. The van der Waals surface area contributed by atoms with E-state index in [4.69, 9.17) is 9.47 Å². The minimum atomic E-state index is -0.284. The Balaban J connectivity index is 1.66. The van der Waals surface area contributed by atoms with Crippen LogP contribution in [0.2, 0.25) is 0 Å². The van der Waals surface area contributed by atoms with E-state index in [1.807, 2.05) is 54.6 Å². The lowest BCUT2D eigenvalue weighted by Gasteiger charge is -2.08. The zero-order valence-corrected chi connectivity index (χ0v) is 14.1. The molecule has 2 atom stereocenters. The Morgan fingerprint density at radius 2 is 1.76 bits per heavy atom. The van der Waals surface area contributed by atoms with Crippen molar-refractivity contribution in [2.75, 3.05) is 6.61 Å². The highest BCUT2D eigenvalue weighted by molar-refractivity contribution is 6.00. The molecule has 1 saturated carbocycles. The van der Waals surface area contributed by atoms with Gasteiger partial charge in [-0.25, -0.2) is 0 Å². The maximum Gasteiger partial charge on any atom is 0.309 e. The molecule has 0 aromatic heterocycles. The van der Waals surface area contributed by atoms with Crippen LogP contribution in [0.3, 0.4) is 0 Å². The molecule has 1 aliphatic rings. The molecule has 0 aliphatic heterocycles. The molecule has 0 bridgehead atoms. The summed E-state index contributed by atoms with van der Waals surface area (Å²) in [5, 5.41) is 0. The van der Waals surface area contributed by atoms with Crippen LogP contribution in [-0.4, -0.2) is 18.4 Å². The zero-order chi connectivity index (χ0) is 17.6. The number of ketones is 1. The normalized spacial score (nSPS) is 18.8. The standard InChI is InChI=1S/C21H20O4/c1-2-24-21(23)18-14-17(18)19(22)13-12-15-8-6-7-11-20(15)25-16-9-4-3-5-10-16/h3-13,17-18H,2,14H2,1H3/b13-12+. The fourth-order valence-electron chi connectivity index (χ4n) is 2.64. The largest absolute Gasteiger partial charge is 0.466 e.